The fourth-order valence-corrected chi connectivity index (χ4v) is 2.57. The second-order valence-electron chi connectivity index (χ2n) is 5.89. The van der Waals surface area contributed by atoms with Crippen LogP contribution in [0.15, 0.2) is 48.5 Å². The lowest BCUT2D eigenvalue weighted by Crippen LogP contribution is -2.56. The molecule has 0 spiro atoms. The Hall–Kier alpha value is -3.09. The lowest BCUT2D eigenvalue weighted by Gasteiger charge is -2.38. The van der Waals surface area contributed by atoms with Gasteiger partial charge in [0.05, 0.1) is 18.0 Å². The third kappa shape index (κ3) is 4.06. The third-order valence-corrected chi connectivity index (χ3v) is 3.98. The van der Waals surface area contributed by atoms with E-state index < -0.39 is 4.92 Å². The highest BCUT2D eigenvalue weighted by molar-refractivity contribution is 5.68. The molecule has 0 aliphatic carbocycles. The van der Waals surface area contributed by atoms with Crippen LogP contribution >= 0.6 is 0 Å². The summed E-state index contributed by atoms with van der Waals surface area (Å²) in [6, 6.07) is 14.1. The van der Waals surface area contributed by atoms with E-state index in [-0.39, 0.29) is 24.5 Å². The molecule has 1 aliphatic heterocycles. The zero-order valence-corrected chi connectivity index (χ0v) is 13.8. The van der Waals surface area contributed by atoms with Crippen molar-refractivity contribution in [3.8, 4) is 5.75 Å². The first kappa shape index (κ1) is 16.8. The zero-order chi connectivity index (χ0) is 17.8. The molecule has 0 bridgehead atoms. The number of likely N-dealkylation sites (tertiary alicyclic amines) is 1. The summed E-state index contributed by atoms with van der Waals surface area (Å²) in [5.41, 5.74) is 1.54. The number of rotatable bonds is 5. The molecule has 25 heavy (non-hydrogen) atoms. The molecule has 0 radical (unpaired) electrons. The molecule has 3 rings (SSSR count). The van der Waals surface area contributed by atoms with Gasteiger partial charge in [-0.25, -0.2) is 4.79 Å². The number of amides is 1. The van der Waals surface area contributed by atoms with Crippen molar-refractivity contribution < 1.29 is 19.2 Å². The molecule has 0 saturated carbocycles. The molecule has 0 atom stereocenters. The molecular formula is C18H18N2O5. The number of carbonyl (C=O) groups excluding carboxylic acids is 1. The Balaban J connectivity index is 1.45. The number of nitro groups is 1. The van der Waals surface area contributed by atoms with Crippen molar-refractivity contribution in [3.63, 3.8) is 0 Å². The van der Waals surface area contributed by atoms with E-state index in [0.29, 0.717) is 24.4 Å². The minimum absolute atomic E-state index is 0.0621. The van der Waals surface area contributed by atoms with Crippen molar-refractivity contribution in [2.45, 2.75) is 19.6 Å². The Morgan fingerprint density at radius 1 is 1.24 bits per heavy atom. The number of hydrogen-bond acceptors (Lipinski definition) is 5. The van der Waals surface area contributed by atoms with E-state index in [4.69, 9.17) is 9.47 Å². The Bertz CT molecular complexity index is 772. The van der Waals surface area contributed by atoms with Crippen LogP contribution in [0.1, 0.15) is 11.1 Å². The van der Waals surface area contributed by atoms with Crippen LogP contribution in [0.4, 0.5) is 10.5 Å². The number of hydrogen-bond donors (Lipinski definition) is 0. The van der Waals surface area contributed by atoms with Gasteiger partial charge >= 0.3 is 6.09 Å². The molecule has 1 fully saturated rings. The lowest BCUT2D eigenvalue weighted by atomic mass is 10.1. The summed E-state index contributed by atoms with van der Waals surface area (Å²) in [6.07, 6.45) is -0.506. The fraction of sp³-hybridized carbons (Fsp3) is 0.278. The number of nitro benzene ring substituents is 1. The molecule has 1 aliphatic rings. The second kappa shape index (κ2) is 7.21. The number of nitrogens with zero attached hydrogens (tertiary/aromatic N) is 2. The molecule has 0 N–H and O–H groups in total. The van der Waals surface area contributed by atoms with Crippen LogP contribution < -0.4 is 4.74 Å². The van der Waals surface area contributed by atoms with E-state index in [1.54, 1.807) is 24.0 Å². The van der Waals surface area contributed by atoms with Gasteiger partial charge in [0.25, 0.3) is 5.69 Å². The molecule has 2 aromatic carbocycles. The van der Waals surface area contributed by atoms with Crippen molar-refractivity contribution in [2.75, 3.05) is 13.1 Å². The maximum atomic E-state index is 11.9. The van der Waals surface area contributed by atoms with Gasteiger partial charge in [-0.2, -0.15) is 0 Å². The number of ether oxygens (including phenoxy) is 2. The standard InChI is InChI=1S/C18H18N2O5/c1-13-9-15(7-8-17(13)20(22)23)25-16-10-19(11-16)18(21)24-12-14-5-3-2-4-6-14/h2-9,16H,10-12H2,1H3. The highest BCUT2D eigenvalue weighted by Gasteiger charge is 2.33. The Kier molecular flexibility index (Phi) is 4.83. The third-order valence-electron chi connectivity index (χ3n) is 3.98. The van der Waals surface area contributed by atoms with Gasteiger partial charge in [0, 0.05) is 11.6 Å². The van der Waals surface area contributed by atoms with E-state index in [0.717, 1.165) is 5.56 Å². The van der Waals surface area contributed by atoms with Crippen LogP contribution in [-0.2, 0) is 11.3 Å². The van der Waals surface area contributed by atoms with E-state index in [1.165, 1.54) is 6.07 Å². The molecular weight excluding hydrogens is 324 g/mol. The van der Waals surface area contributed by atoms with Crippen LogP contribution in [0.5, 0.6) is 5.75 Å². The molecule has 130 valence electrons. The monoisotopic (exact) mass is 342 g/mol. The summed E-state index contributed by atoms with van der Waals surface area (Å²) in [7, 11) is 0. The minimum atomic E-state index is -0.424. The van der Waals surface area contributed by atoms with Gasteiger partial charge in [-0.05, 0) is 24.6 Å². The quantitative estimate of drug-likeness (QED) is 0.615. The van der Waals surface area contributed by atoms with E-state index >= 15 is 0 Å². The predicted molar refractivity (Wildman–Crippen MR) is 90.4 cm³/mol. The lowest BCUT2D eigenvalue weighted by molar-refractivity contribution is -0.385. The molecule has 7 heteroatoms. The SMILES string of the molecule is Cc1cc(OC2CN(C(=O)OCc3ccccc3)C2)ccc1[N+](=O)[O-]. The highest BCUT2D eigenvalue weighted by atomic mass is 16.6. The van der Waals surface area contributed by atoms with E-state index in [1.807, 2.05) is 30.3 Å². The van der Waals surface area contributed by atoms with Crippen molar-refractivity contribution in [1.29, 1.82) is 0 Å². The Labute approximate surface area is 144 Å². The van der Waals surface area contributed by atoms with Crippen LogP contribution in [-0.4, -0.2) is 35.1 Å². The molecule has 2 aromatic rings. The summed E-state index contributed by atoms with van der Waals surface area (Å²) in [4.78, 5) is 23.9. The van der Waals surface area contributed by atoms with Crippen LogP contribution in [0.2, 0.25) is 0 Å². The normalized spacial score (nSPS) is 13.9. The Morgan fingerprint density at radius 2 is 1.96 bits per heavy atom. The fourth-order valence-electron chi connectivity index (χ4n) is 2.57. The Morgan fingerprint density at radius 3 is 2.60 bits per heavy atom. The van der Waals surface area contributed by atoms with Crippen molar-refractivity contribution in [3.05, 3.63) is 69.8 Å². The first-order valence-electron chi connectivity index (χ1n) is 7.90. The smallest absolute Gasteiger partial charge is 0.410 e. The maximum Gasteiger partial charge on any atom is 0.410 e. The molecule has 1 heterocycles. The topological polar surface area (TPSA) is 81.9 Å². The van der Waals surface area contributed by atoms with Gasteiger partial charge in [0.2, 0.25) is 0 Å². The first-order chi connectivity index (χ1) is 12.0. The average molecular weight is 342 g/mol. The first-order valence-corrected chi connectivity index (χ1v) is 7.90. The van der Waals surface area contributed by atoms with Gasteiger partial charge in [-0.1, -0.05) is 30.3 Å². The van der Waals surface area contributed by atoms with Crippen molar-refractivity contribution in [1.82, 2.24) is 4.90 Å². The van der Waals surface area contributed by atoms with E-state index in [2.05, 4.69) is 0 Å². The molecule has 0 unspecified atom stereocenters. The van der Waals surface area contributed by atoms with Crippen molar-refractivity contribution >= 4 is 11.8 Å². The van der Waals surface area contributed by atoms with Crippen LogP contribution in [0, 0.1) is 17.0 Å². The number of carbonyl (C=O) groups is 1. The van der Waals surface area contributed by atoms with Gasteiger partial charge < -0.3 is 14.4 Å². The van der Waals surface area contributed by atoms with Crippen LogP contribution in [0.3, 0.4) is 0 Å². The molecule has 0 aromatic heterocycles. The molecule has 1 amide bonds. The van der Waals surface area contributed by atoms with Gasteiger partial charge in [-0.15, -0.1) is 0 Å². The van der Waals surface area contributed by atoms with E-state index in [9.17, 15) is 14.9 Å². The van der Waals surface area contributed by atoms with Gasteiger partial charge in [0.1, 0.15) is 18.5 Å². The highest BCUT2D eigenvalue weighted by Crippen LogP contribution is 2.25. The van der Waals surface area contributed by atoms with Crippen molar-refractivity contribution in [2.24, 2.45) is 0 Å². The summed E-state index contributed by atoms with van der Waals surface area (Å²) in [5.74, 6) is 0.561. The average Bonchev–Trinajstić information content (AvgIpc) is 2.56. The summed E-state index contributed by atoms with van der Waals surface area (Å²) in [6.45, 7) is 2.77. The largest absolute Gasteiger partial charge is 0.487 e. The zero-order valence-electron chi connectivity index (χ0n) is 13.8. The summed E-state index contributed by atoms with van der Waals surface area (Å²) >= 11 is 0. The summed E-state index contributed by atoms with van der Waals surface area (Å²) < 4.78 is 11.0. The number of aryl methyl sites for hydroxylation is 1. The minimum Gasteiger partial charge on any atom is -0.487 e. The maximum absolute atomic E-state index is 11.9. The van der Waals surface area contributed by atoms with Crippen LogP contribution in [0.25, 0.3) is 0 Å². The predicted octanol–water partition coefficient (Wildman–Crippen LogP) is 3.30. The molecule has 1 saturated heterocycles. The second-order valence-corrected chi connectivity index (χ2v) is 5.89. The van der Waals surface area contributed by atoms with Gasteiger partial charge in [-0.3, -0.25) is 10.1 Å². The summed E-state index contributed by atoms with van der Waals surface area (Å²) in [5, 5.41) is 10.8. The van der Waals surface area contributed by atoms with Gasteiger partial charge in [0.15, 0.2) is 0 Å². The molecule has 7 nitrogen and oxygen atoms in total. The number of benzene rings is 2.